The average molecular weight is 482 g/mol. The molecule has 1 aromatic heterocycles. The minimum Gasteiger partial charge on any atom is -0.326 e. The van der Waals surface area contributed by atoms with E-state index in [4.69, 9.17) is 0 Å². The van der Waals surface area contributed by atoms with Crippen LogP contribution >= 0.6 is 11.8 Å². The number of anilines is 1. The van der Waals surface area contributed by atoms with Gasteiger partial charge in [0.25, 0.3) is 0 Å². The molecule has 0 saturated carbocycles. The van der Waals surface area contributed by atoms with Crippen LogP contribution in [0, 0.1) is 19.8 Å². The molecule has 1 saturated heterocycles. The zero-order chi connectivity index (χ0) is 23.4. The minimum absolute atomic E-state index is 0.0663. The molecular formula is C25H27N3O3S2. The molecule has 1 amide bonds. The van der Waals surface area contributed by atoms with E-state index in [0.717, 1.165) is 10.6 Å². The molecule has 1 fully saturated rings. The Bertz CT molecular complexity index is 1220. The number of benzene rings is 2. The quantitative estimate of drug-likeness (QED) is 0.542. The van der Waals surface area contributed by atoms with Crippen molar-refractivity contribution in [2.45, 2.75) is 41.4 Å². The topological polar surface area (TPSA) is 79.4 Å². The third-order valence-corrected chi connectivity index (χ3v) is 8.84. The number of hydrogen-bond acceptors (Lipinski definition) is 5. The van der Waals surface area contributed by atoms with Crippen molar-refractivity contribution in [1.82, 2.24) is 9.29 Å². The van der Waals surface area contributed by atoms with Crippen molar-refractivity contribution in [1.29, 1.82) is 0 Å². The van der Waals surface area contributed by atoms with Gasteiger partial charge in [-0.05, 0) is 80.3 Å². The van der Waals surface area contributed by atoms with Crippen molar-refractivity contribution in [3.63, 3.8) is 0 Å². The standard InChI is InChI=1S/C25H27N3O3S2/c1-18-5-6-19(2)24(16-18)32-22-9-7-21(8-10-22)27-25(29)20-11-14-28(15-12-20)33(30,31)23-4-3-13-26-17-23/h3-10,13,16-17,20H,11-12,14-15H2,1-2H3,(H,27,29). The number of aryl methyl sites for hydroxylation is 2. The van der Waals surface area contributed by atoms with Gasteiger partial charge in [-0.3, -0.25) is 9.78 Å². The Kier molecular flexibility index (Phi) is 7.17. The van der Waals surface area contributed by atoms with Crippen molar-refractivity contribution < 1.29 is 13.2 Å². The summed E-state index contributed by atoms with van der Waals surface area (Å²) < 4.78 is 26.9. The Labute approximate surface area is 199 Å². The second-order valence-corrected chi connectivity index (χ2v) is 11.3. The van der Waals surface area contributed by atoms with Crippen LogP contribution < -0.4 is 5.32 Å². The minimum atomic E-state index is -3.57. The summed E-state index contributed by atoms with van der Waals surface area (Å²) in [5.74, 6) is -0.280. The number of nitrogens with one attached hydrogen (secondary N) is 1. The van der Waals surface area contributed by atoms with Crippen molar-refractivity contribution in [2.24, 2.45) is 5.92 Å². The van der Waals surface area contributed by atoms with Gasteiger partial charge in [-0.15, -0.1) is 0 Å². The molecule has 8 heteroatoms. The van der Waals surface area contributed by atoms with E-state index in [9.17, 15) is 13.2 Å². The van der Waals surface area contributed by atoms with Gasteiger partial charge < -0.3 is 5.32 Å². The van der Waals surface area contributed by atoms with Gasteiger partial charge in [0.05, 0.1) is 0 Å². The van der Waals surface area contributed by atoms with Crippen LogP contribution in [0.15, 0.2) is 81.7 Å². The Hall–Kier alpha value is -2.68. The molecular weight excluding hydrogens is 454 g/mol. The van der Waals surface area contributed by atoms with Crippen LogP contribution in [0.4, 0.5) is 5.69 Å². The molecule has 0 atom stereocenters. The first-order valence-electron chi connectivity index (χ1n) is 10.9. The predicted octanol–water partition coefficient (Wildman–Crippen LogP) is 4.89. The summed E-state index contributed by atoms with van der Waals surface area (Å²) in [7, 11) is -3.57. The number of hydrogen-bond donors (Lipinski definition) is 1. The number of carbonyl (C=O) groups is 1. The third kappa shape index (κ3) is 5.63. The SMILES string of the molecule is Cc1ccc(C)c(Sc2ccc(NC(=O)C3CCN(S(=O)(=O)c4cccnc4)CC3)cc2)c1. The van der Waals surface area contributed by atoms with Gasteiger partial charge in [-0.2, -0.15) is 4.31 Å². The van der Waals surface area contributed by atoms with Gasteiger partial charge in [0, 0.05) is 46.9 Å². The molecule has 172 valence electrons. The molecule has 2 heterocycles. The summed E-state index contributed by atoms with van der Waals surface area (Å²) in [4.78, 5) is 19.2. The average Bonchev–Trinajstić information content (AvgIpc) is 2.83. The van der Waals surface area contributed by atoms with Crippen molar-refractivity contribution in [3.05, 3.63) is 78.1 Å². The zero-order valence-corrected chi connectivity index (χ0v) is 20.3. The van der Waals surface area contributed by atoms with Crippen molar-refractivity contribution in [3.8, 4) is 0 Å². The second kappa shape index (κ2) is 10.1. The molecule has 1 N–H and O–H groups in total. The molecule has 1 aliphatic heterocycles. The number of aromatic nitrogens is 1. The first-order valence-corrected chi connectivity index (χ1v) is 13.1. The number of rotatable bonds is 6. The lowest BCUT2D eigenvalue weighted by atomic mass is 9.97. The fraction of sp³-hybridized carbons (Fsp3) is 0.280. The van der Waals surface area contributed by atoms with Crippen LogP contribution in [0.3, 0.4) is 0 Å². The summed E-state index contributed by atoms with van der Waals surface area (Å²) in [6, 6.07) is 17.4. The van der Waals surface area contributed by atoms with E-state index in [1.807, 2.05) is 24.3 Å². The Morgan fingerprint density at radius 3 is 2.45 bits per heavy atom. The molecule has 0 radical (unpaired) electrons. The molecule has 0 unspecified atom stereocenters. The fourth-order valence-corrected chi connectivity index (χ4v) is 6.24. The summed E-state index contributed by atoms with van der Waals surface area (Å²) in [5, 5.41) is 2.98. The molecule has 0 spiro atoms. The van der Waals surface area contributed by atoms with Gasteiger partial charge >= 0.3 is 0 Å². The molecule has 6 nitrogen and oxygen atoms in total. The summed E-state index contributed by atoms with van der Waals surface area (Å²) in [5.41, 5.74) is 3.21. The van der Waals surface area contributed by atoms with E-state index in [-0.39, 0.29) is 16.7 Å². The third-order valence-electron chi connectivity index (χ3n) is 5.79. The van der Waals surface area contributed by atoms with Gasteiger partial charge in [0.1, 0.15) is 4.90 Å². The molecule has 33 heavy (non-hydrogen) atoms. The maximum atomic E-state index is 12.8. The highest BCUT2D eigenvalue weighted by atomic mass is 32.2. The number of amides is 1. The Balaban J connectivity index is 1.32. The molecule has 2 aromatic carbocycles. The van der Waals surface area contributed by atoms with E-state index in [1.165, 1.54) is 26.5 Å². The van der Waals surface area contributed by atoms with Crippen LogP contribution in [0.1, 0.15) is 24.0 Å². The molecule has 0 bridgehead atoms. The Morgan fingerprint density at radius 2 is 1.79 bits per heavy atom. The maximum absolute atomic E-state index is 12.8. The van der Waals surface area contributed by atoms with Crippen LogP contribution in [0.5, 0.6) is 0 Å². The summed E-state index contributed by atoms with van der Waals surface area (Å²) in [6.45, 7) is 4.83. The number of nitrogens with zero attached hydrogens (tertiary/aromatic N) is 2. The first-order chi connectivity index (χ1) is 15.8. The lowest BCUT2D eigenvalue weighted by Gasteiger charge is -2.30. The highest BCUT2D eigenvalue weighted by Gasteiger charge is 2.32. The molecule has 1 aliphatic rings. The summed E-state index contributed by atoms with van der Waals surface area (Å²) in [6.07, 6.45) is 3.89. The maximum Gasteiger partial charge on any atom is 0.244 e. The van der Waals surface area contributed by atoms with E-state index in [0.29, 0.717) is 25.9 Å². The number of pyridine rings is 1. The fourth-order valence-electron chi connectivity index (χ4n) is 3.80. The van der Waals surface area contributed by atoms with E-state index in [1.54, 1.807) is 30.1 Å². The monoisotopic (exact) mass is 481 g/mol. The number of piperidine rings is 1. The van der Waals surface area contributed by atoms with E-state index >= 15 is 0 Å². The van der Waals surface area contributed by atoms with E-state index < -0.39 is 10.0 Å². The van der Waals surface area contributed by atoms with Crippen LogP contribution in [-0.2, 0) is 14.8 Å². The van der Waals surface area contributed by atoms with Crippen molar-refractivity contribution in [2.75, 3.05) is 18.4 Å². The molecule has 0 aliphatic carbocycles. The van der Waals surface area contributed by atoms with Crippen LogP contribution in [-0.4, -0.2) is 36.7 Å². The van der Waals surface area contributed by atoms with Crippen LogP contribution in [0.2, 0.25) is 0 Å². The summed E-state index contributed by atoms with van der Waals surface area (Å²) >= 11 is 1.71. The number of sulfonamides is 1. The first kappa shape index (κ1) is 23.5. The second-order valence-electron chi connectivity index (χ2n) is 8.25. The highest BCUT2D eigenvalue weighted by Crippen LogP contribution is 2.32. The largest absolute Gasteiger partial charge is 0.326 e. The van der Waals surface area contributed by atoms with Gasteiger partial charge in [0.2, 0.25) is 15.9 Å². The van der Waals surface area contributed by atoms with Crippen LogP contribution in [0.25, 0.3) is 0 Å². The van der Waals surface area contributed by atoms with E-state index in [2.05, 4.69) is 42.3 Å². The highest BCUT2D eigenvalue weighted by molar-refractivity contribution is 7.99. The van der Waals surface area contributed by atoms with Gasteiger partial charge in [-0.1, -0.05) is 23.9 Å². The smallest absolute Gasteiger partial charge is 0.244 e. The van der Waals surface area contributed by atoms with Gasteiger partial charge in [-0.25, -0.2) is 8.42 Å². The lowest BCUT2D eigenvalue weighted by molar-refractivity contribution is -0.120. The zero-order valence-electron chi connectivity index (χ0n) is 18.7. The molecule has 4 rings (SSSR count). The van der Waals surface area contributed by atoms with Crippen molar-refractivity contribution >= 4 is 33.4 Å². The lowest BCUT2D eigenvalue weighted by Crippen LogP contribution is -2.41. The van der Waals surface area contributed by atoms with Gasteiger partial charge in [0.15, 0.2) is 0 Å². The number of carbonyl (C=O) groups excluding carboxylic acids is 1. The Morgan fingerprint density at radius 1 is 1.06 bits per heavy atom. The predicted molar refractivity (Wildman–Crippen MR) is 131 cm³/mol. The molecule has 3 aromatic rings. The normalized spacial score (nSPS) is 15.3.